The molecule has 0 saturated carbocycles. The lowest BCUT2D eigenvalue weighted by Gasteiger charge is -2.10. The summed E-state index contributed by atoms with van der Waals surface area (Å²) in [5, 5.41) is 3.52. The van der Waals surface area contributed by atoms with Crippen LogP contribution in [0.5, 0.6) is 5.75 Å². The summed E-state index contributed by atoms with van der Waals surface area (Å²) in [5.41, 5.74) is 2.10. The molecule has 0 radical (unpaired) electrons. The fourth-order valence-corrected chi connectivity index (χ4v) is 3.20. The van der Waals surface area contributed by atoms with E-state index < -0.39 is 0 Å². The Labute approximate surface area is 175 Å². The lowest BCUT2D eigenvalue weighted by Crippen LogP contribution is -2.30. The molecule has 154 valence electrons. The van der Waals surface area contributed by atoms with Crippen LogP contribution in [-0.4, -0.2) is 41.8 Å². The first-order valence-electron chi connectivity index (χ1n) is 9.84. The van der Waals surface area contributed by atoms with E-state index in [9.17, 15) is 4.79 Å². The number of hydrogen-bond donors (Lipinski definition) is 1. The summed E-state index contributed by atoms with van der Waals surface area (Å²) in [6.07, 6.45) is 1.57. The van der Waals surface area contributed by atoms with Crippen LogP contribution in [0.25, 0.3) is 11.0 Å². The van der Waals surface area contributed by atoms with Gasteiger partial charge in [0.25, 0.3) is 5.91 Å². The zero-order chi connectivity index (χ0) is 20.5. The van der Waals surface area contributed by atoms with Gasteiger partial charge >= 0.3 is 0 Å². The highest BCUT2D eigenvalue weighted by molar-refractivity contribution is 6.30. The van der Waals surface area contributed by atoms with Gasteiger partial charge in [0.2, 0.25) is 0 Å². The van der Waals surface area contributed by atoms with E-state index in [0.29, 0.717) is 30.5 Å². The molecule has 3 aromatic rings. The van der Waals surface area contributed by atoms with Gasteiger partial charge in [0, 0.05) is 31.1 Å². The molecule has 1 aromatic heterocycles. The number of carbonyl (C=O) groups excluding carboxylic acids is 1. The van der Waals surface area contributed by atoms with Crippen molar-refractivity contribution in [3.05, 3.63) is 59.4 Å². The molecule has 1 heterocycles. The molecule has 0 spiro atoms. The van der Waals surface area contributed by atoms with Gasteiger partial charge in [0.15, 0.2) is 6.61 Å². The van der Waals surface area contributed by atoms with Crippen molar-refractivity contribution >= 4 is 28.5 Å². The van der Waals surface area contributed by atoms with E-state index in [-0.39, 0.29) is 12.5 Å². The number of para-hydroxylation sites is 2. The van der Waals surface area contributed by atoms with Crippen LogP contribution in [0.3, 0.4) is 0 Å². The largest absolute Gasteiger partial charge is 0.484 e. The topological polar surface area (TPSA) is 65.4 Å². The summed E-state index contributed by atoms with van der Waals surface area (Å²) in [6.45, 7) is 4.66. The molecular formula is C22H26ClN3O3. The molecule has 0 unspecified atom stereocenters. The van der Waals surface area contributed by atoms with Gasteiger partial charge in [-0.25, -0.2) is 4.98 Å². The molecule has 1 amide bonds. The van der Waals surface area contributed by atoms with Crippen LogP contribution >= 0.6 is 11.6 Å². The first kappa shape index (κ1) is 21.1. The average Bonchev–Trinajstić information content (AvgIpc) is 3.08. The number of carbonyl (C=O) groups is 1. The summed E-state index contributed by atoms with van der Waals surface area (Å²) >= 11 is 5.83. The third-order valence-electron chi connectivity index (χ3n) is 4.48. The molecule has 0 atom stereocenters. The highest BCUT2D eigenvalue weighted by Crippen LogP contribution is 2.17. The molecule has 0 aliphatic heterocycles. The number of nitrogens with one attached hydrogen (secondary N) is 1. The number of fused-ring (bicyclic) bond motifs is 1. The van der Waals surface area contributed by atoms with E-state index in [4.69, 9.17) is 26.1 Å². The Kier molecular flexibility index (Phi) is 7.90. The summed E-state index contributed by atoms with van der Waals surface area (Å²) in [5.74, 6) is 1.48. The average molecular weight is 416 g/mol. The Balaban J connectivity index is 1.47. The number of ether oxygens (including phenoxy) is 2. The Morgan fingerprint density at radius 2 is 1.97 bits per heavy atom. The van der Waals surface area contributed by atoms with Gasteiger partial charge in [-0.2, -0.15) is 0 Å². The van der Waals surface area contributed by atoms with Gasteiger partial charge in [-0.1, -0.05) is 23.7 Å². The molecule has 1 N–H and O–H groups in total. The number of nitrogens with zero attached hydrogens (tertiary/aromatic N) is 2. The second kappa shape index (κ2) is 10.8. The van der Waals surface area contributed by atoms with Crippen molar-refractivity contribution in [3.8, 4) is 5.75 Å². The Bertz CT molecular complexity index is 925. The number of rotatable bonds is 11. The molecule has 0 bridgehead atoms. The van der Waals surface area contributed by atoms with Gasteiger partial charge in [0.05, 0.1) is 17.6 Å². The number of imidazole rings is 1. The van der Waals surface area contributed by atoms with E-state index >= 15 is 0 Å². The molecule has 0 aliphatic carbocycles. The Morgan fingerprint density at radius 1 is 1.17 bits per heavy atom. The van der Waals surface area contributed by atoms with E-state index in [2.05, 4.69) is 16.0 Å². The maximum atomic E-state index is 12.0. The number of aromatic nitrogens is 2. The molecule has 0 aliphatic rings. The van der Waals surface area contributed by atoms with Crippen molar-refractivity contribution < 1.29 is 14.3 Å². The predicted octanol–water partition coefficient (Wildman–Crippen LogP) is 3.85. The lowest BCUT2D eigenvalue weighted by molar-refractivity contribution is -0.123. The van der Waals surface area contributed by atoms with Gasteiger partial charge in [0.1, 0.15) is 11.6 Å². The lowest BCUT2D eigenvalue weighted by atomic mass is 10.3. The van der Waals surface area contributed by atoms with E-state index in [1.807, 2.05) is 25.1 Å². The minimum absolute atomic E-state index is 0.0193. The fourth-order valence-electron chi connectivity index (χ4n) is 3.07. The monoisotopic (exact) mass is 415 g/mol. The Hall–Kier alpha value is -2.57. The standard InChI is InChI=1S/C22H26ClN3O3/c1-2-28-15-14-26-20-7-4-3-6-19(20)25-21(26)8-5-13-24-22(27)16-29-18-11-9-17(23)10-12-18/h3-4,6-7,9-12H,2,5,8,13-16H2,1H3,(H,24,27). The van der Waals surface area contributed by atoms with Gasteiger partial charge in [-0.3, -0.25) is 4.79 Å². The minimum atomic E-state index is -0.148. The van der Waals surface area contributed by atoms with E-state index in [0.717, 1.165) is 36.2 Å². The second-order valence-electron chi connectivity index (χ2n) is 6.56. The summed E-state index contributed by atoms with van der Waals surface area (Å²) in [4.78, 5) is 16.7. The van der Waals surface area contributed by atoms with E-state index in [1.165, 1.54) is 0 Å². The Morgan fingerprint density at radius 3 is 2.76 bits per heavy atom. The molecule has 0 saturated heterocycles. The number of hydrogen-bond acceptors (Lipinski definition) is 4. The smallest absolute Gasteiger partial charge is 0.257 e. The summed E-state index contributed by atoms with van der Waals surface area (Å²) in [6, 6.07) is 15.0. The predicted molar refractivity (Wildman–Crippen MR) is 115 cm³/mol. The molecule has 29 heavy (non-hydrogen) atoms. The number of aryl methyl sites for hydroxylation is 1. The maximum Gasteiger partial charge on any atom is 0.257 e. The van der Waals surface area contributed by atoms with Crippen molar-refractivity contribution in [2.24, 2.45) is 0 Å². The van der Waals surface area contributed by atoms with Crippen molar-refractivity contribution in [1.29, 1.82) is 0 Å². The van der Waals surface area contributed by atoms with Crippen molar-refractivity contribution in [2.45, 2.75) is 26.3 Å². The van der Waals surface area contributed by atoms with Crippen LogP contribution in [0.1, 0.15) is 19.2 Å². The van der Waals surface area contributed by atoms with Crippen LogP contribution in [0.2, 0.25) is 5.02 Å². The quantitative estimate of drug-likeness (QED) is 0.483. The third kappa shape index (κ3) is 6.21. The van der Waals surface area contributed by atoms with Crippen LogP contribution < -0.4 is 10.1 Å². The van der Waals surface area contributed by atoms with Crippen LogP contribution in [0.15, 0.2) is 48.5 Å². The normalized spacial score (nSPS) is 11.0. The fraction of sp³-hybridized carbons (Fsp3) is 0.364. The minimum Gasteiger partial charge on any atom is -0.484 e. The van der Waals surface area contributed by atoms with Crippen molar-refractivity contribution in [2.75, 3.05) is 26.4 Å². The van der Waals surface area contributed by atoms with Crippen LogP contribution in [0, 0.1) is 0 Å². The first-order valence-corrected chi connectivity index (χ1v) is 10.2. The highest BCUT2D eigenvalue weighted by Gasteiger charge is 2.10. The number of halogens is 1. The van der Waals surface area contributed by atoms with Gasteiger partial charge in [-0.15, -0.1) is 0 Å². The van der Waals surface area contributed by atoms with Crippen molar-refractivity contribution in [1.82, 2.24) is 14.9 Å². The first-order chi connectivity index (χ1) is 14.2. The zero-order valence-corrected chi connectivity index (χ0v) is 17.3. The molecular weight excluding hydrogens is 390 g/mol. The van der Waals surface area contributed by atoms with Gasteiger partial charge < -0.3 is 19.4 Å². The molecule has 0 fully saturated rings. The maximum absolute atomic E-state index is 12.0. The highest BCUT2D eigenvalue weighted by atomic mass is 35.5. The number of benzene rings is 2. The zero-order valence-electron chi connectivity index (χ0n) is 16.6. The second-order valence-corrected chi connectivity index (χ2v) is 7.00. The third-order valence-corrected chi connectivity index (χ3v) is 4.73. The van der Waals surface area contributed by atoms with E-state index in [1.54, 1.807) is 24.3 Å². The van der Waals surface area contributed by atoms with Crippen LogP contribution in [-0.2, 0) is 22.5 Å². The summed E-state index contributed by atoms with van der Waals surface area (Å²) < 4.78 is 13.2. The molecule has 6 nitrogen and oxygen atoms in total. The number of amides is 1. The molecule has 7 heteroatoms. The SMILES string of the molecule is CCOCCn1c(CCCNC(=O)COc2ccc(Cl)cc2)nc2ccccc21. The molecule has 2 aromatic carbocycles. The van der Waals surface area contributed by atoms with Crippen LogP contribution in [0.4, 0.5) is 0 Å². The van der Waals surface area contributed by atoms with Gasteiger partial charge in [-0.05, 0) is 49.7 Å². The van der Waals surface area contributed by atoms with Crippen molar-refractivity contribution in [3.63, 3.8) is 0 Å². The molecule has 3 rings (SSSR count). The summed E-state index contributed by atoms with van der Waals surface area (Å²) in [7, 11) is 0.